The fourth-order valence-corrected chi connectivity index (χ4v) is 6.15. The van der Waals surface area contributed by atoms with E-state index < -0.39 is 6.10 Å². The van der Waals surface area contributed by atoms with Crippen LogP contribution in [0.2, 0.25) is 5.02 Å². The summed E-state index contributed by atoms with van der Waals surface area (Å²) in [5.41, 5.74) is 4.04. The molecule has 1 aromatic carbocycles. The Bertz CT molecular complexity index is 1420. The molecule has 1 fully saturated rings. The number of β-amino-alcohol motifs (C(OH)–C–C–N with tert-alkyl or cyclic N) is 1. The highest BCUT2D eigenvalue weighted by Crippen LogP contribution is 2.36. The highest BCUT2D eigenvalue weighted by atomic mass is 35.5. The first kappa shape index (κ1) is 23.6. The summed E-state index contributed by atoms with van der Waals surface area (Å²) in [4.78, 5) is 19.3. The number of hydrogen-bond acceptors (Lipinski definition) is 6. The minimum absolute atomic E-state index is 0.0337. The van der Waals surface area contributed by atoms with E-state index in [-0.39, 0.29) is 23.2 Å². The molecule has 9 heteroatoms. The number of nitrogens with zero attached hydrogens (tertiary/aromatic N) is 3. The number of pyridine rings is 2. The van der Waals surface area contributed by atoms with Gasteiger partial charge in [0.1, 0.15) is 11.6 Å². The molecule has 36 heavy (non-hydrogen) atoms. The second kappa shape index (κ2) is 9.27. The monoisotopic (exact) mass is 509 g/mol. The van der Waals surface area contributed by atoms with E-state index in [1.807, 2.05) is 6.07 Å². The molecular weight excluding hydrogens is 481 g/mol. The quantitative estimate of drug-likeness (QED) is 0.473. The molecule has 6 rings (SSSR count). The number of hydrogen-bond donors (Lipinski definition) is 3. The van der Waals surface area contributed by atoms with Crippen LogP contribution in [0.15, 0.2) is 47.4 Å². The molecule has 0 spiro atoms. The van der Waals surface area contributed by atoms with Crippen LogP contribution in [0.4, 0.5) is 10.2 Å². The maximum atomic E-state index is 14.8. The number of allylic oxidation sites excluding steroid dienone is 1. The van der Waals surface area contributed by atoms with Gasteiger partial charge >= 0.3 is 0 Å². The van der Waals surface area contributed by atoms with Crippen LogP contribution in [0.3, 0.4) is 0 Å². The molecule has 3 unspecified atom stereocenters. The van der Waals surface area contributed by atoms with Gasteiger partial charge in [0, 0.05) is 68.4 Å². The van der Waals surface area contributed by atoms with Crippen LogP contribution >= 0.6 is 11.6 Å². The Kier molecular flexibility index (Phi) is 6.08. The smallest absolute Gasteiger partial charge is 0.251 e. The summed E-state index contributed by atoms with van der Waals surface area (Å²) in [6.07, 6.45) is 1.27. The van der Waals surface area contributed by atoms with Gasteiger partial charge in [0.25, 0.3) is 5.56 Å². The molecule has 3 N–H and O–H groups in total. The van der Waals surface area contributed by atoms with E-state index in [0.717, 1.165) is 41.0 Å². The van der Waals surface area contributed by atoms with Gasteiger partial charge in [0.15, 0.2) is 0 Å². The Labute approximate surface area is 213 Å². The fraction of sp³-hybridized carbons (Fsp3) is 0.407. The first-order chi connectivity index (χ1) is 17.4. The molecule has 188 valence electrons. The molecule has 0 amide bonds. The number of aliphatic hydroxyl groups excluding tert-OH is 1. The molecule has 0 aliphatic carbocycles. The molecule has 3 aliphatic rings. The lowest BCUT2D eigenvalue weighted by molar-refractivity contribution is 0.139. The van der Waals surface area contributed by atoms with Gasteiger partial charge in [0.2, 0.25) is 0 Å². The second-order valence-corrected chi connectivity index (χ2v) is 10.6. The molecule has 0 saturated carbocycles. The van der Waals surface area contributed by atoms with Crippen molar-refractivity contribution in [2.75, 3.05) is 31.5 Å². The maximum Gasteiger partial charge on any atom is 0.251 e. The number of aryl methyl sites for hydroxylation is 1. The zero-order valence-corrected chi connectivity index (χ0v) is 20.7. The van der Waals surface area contributed by atoms with E-state index in [4.69, 9.17) is 11.6 Å². The highest BCUT2D eigenvalue weighted by molar-refractivity contribution is 6.31. The van der Waals surface area contributed by atoms with Gasteiger partial charge in [-0.15, -0.1) is 0 Å². The lowest BCUT2D eigenvalue weighted by Crippen LogP contribution is -2.31. The number of nitrogens with one attached hydrogen (secondary N) is 2. The summed E-state index contributed by atoms with van der Waals surface area (Å²) in [7, 11) is 0. The van der Waals surface area contributed by atoms with Crippen LogP contribution in [0.1, 0.15) is 29.2 Å². The van der Waals surface area contributed by atoms with E-state index in [9.17, 15) is 14.3 Å². The maximum absolute atomic E-state index is 14.8. The average Bonchev–Trinajstić information content (AvgIpc) is 3.40. The zero-order chi connectivity index (χ0) is 25.0. The van der Waals surface area contributed by atoms with Crippen LogP contribution < -0.4 is 16.2 Å². The summed E-state index contributed by atoms with van der Waals surface area (Å²) in [6.45, 7) is 7.38. The number of aromatic nitrogens is 2. The molecular formula is C27H29ClFN5O2. The van der Waals surface area contributed by atoms with E-state index in [2.05, 4.69) is 27.1 Å². The van der Waals surface area contributed by atoms with Crippen LogP contribution in [-0.4, -0.2) is 51.8 Å². The average molecular weight is 510 g/mol. The third kappa shape index (κ3) is 4.22. The minimum Gasteiger partial charge on any atom is -0.391 e. The van der Waals surface area contributed by atoms with Gasteiger partial charge in [-0.2, -0.15) is 0 Å². The van der Waals surface area contributed by atoms with Crippen LogP contribution in [0.25, 0.3) is 10.9 Å². The number of rotatable bonds is 6. The van der Waals surface area contributed by atoms with Crippen molar-refractivity contribution < 1.29 is 9.50 Å². The molecule has 0 radical (unpaired) electrons. The van der Waals surface area contributed by atoms with E-state index in [1.54, 1.807) is 22.8 Å². The zero-order valence-electron chi connectivity index (χ0n) is 19.9. The van der Waals surface area contributed by atoms with Gasteiger partial charge in [-0.3, -0.25) is 9.69 Å². The third-order valence-electron chi connectivity index (χ3n) is 7.73. The fourth-order valence-electron chi connectivity index (χ4n) is 5.91. The SMILES string of the molecule is C=C1CCc2cc(Cl)c(CNCC3CN(CC4Cn5c(=O)ccc6ccc(F)c4c65)CC3O)nc2N1. The van der Waals surface area contributed by atoms with Gasteiger partial charge < -0.3 is 20.3 Å². The summed E-state index contributed by atoms with van der Waals surface area (Å²) in [5, 5.41) is 18.9. The summed E-state index contributed by atoms with van der Waals surface area (Å²) in [6, 6.07) is 8.49. The topological polar surface area (TPSA) is 82.4 Å². The summed E-state index contributed by atoms with van der Waals surface area (Å²) < 4.78 is 16.5. The number of benzene rings is 1. The minimum atomic E-state index is -0.485. The van der Waals surface area contributed by atoms with Crippen molar-refractivity contribution in [2.45, 2.75) is 38.0 Å². The molecule has 0 bridgehead atoms. The van der Waals surface area contributed by atoms with Crippen molar-refractivity contribution in [3.05, 3.63) is 80.6 Å². The molecule has 3 aliphatic heterocycles. The van der Waals surface area contributed by atoms with E-state index in [0.29, 0.717) is 55.4 Å². The Morgan fingerprint density at radius 1 is 1.22 bits per heavy atom. The van der Waals surface area contributed by atoms with Gasteiger partial charge in [-0.1, -0.05) is 18.2 Å². The Balaban J connectivity index is 1.09. The summed E-state index contributed by atoms with van der Waals surface area (Å²) in [5.74, 6) is 0.461. The van der Waals surface area contributed by atoms with Crippen molar-refractivity contribution in [2.24, 2.45) is 5.92 Å². The third-order valence-corrected chi connectivity index (χ3v) is 8.05. The molecule has 5 heterocycles. The number of anilines is 1. The predicted molar refractivity (Wildman–Crippen MR) is 139 cm³/mol. The normalized spacial score (nSPS) is 23.3. The largest absolute Gasteiger partial charge is 0.391 e. The predicted octanol–water partition coefficient (Wildman–Crippen LogP) is 3.24. The van der Waals surface area contributed by atoms with Crippen molar-refractivity contribution in [3.63, 3.8) is 0 Å². The van der Waals surface area contributed by atoms with Crippen molar-refractivity contribution in [3.8, 4) is 0 Å². The molecule has 3 aromatic rings. The highest BCUT2D eigenvalue weighted by Gasteiger charge is 2.35. The van der Waals surface area contributed by atoms with E-state index >= 15 is 0 Å². The molecule has 7 nitrogen and oxygen atoms in total. The van der Waals surface area contributed by atoms with Crippen LogP contribution in [-0.2, 0) is 19.5 Å². The lowest BCUT2D eigenvalue weighted by Gasteiger charge is -2.21. The standard InChI is InChI=1S/C27H29ClFN5O2/c1-15-2-3-17-8-20(28)22(32-27(17)31-15)10-30-9-18-11-33(14-23(18)35)12-19-13-34-24(36)7-5-16-4-6-21(29)25(19)26(16)34/h4-8,18-19,23,30,35H,1-3,9-14H2,(H,31,32). The Morgan fingerprint density at radius 2 is 2.06 bits per heavy atom. The molecule has 2 aromatic heterocycles. The Morgan fingerprint density at radius 3 is 2.92 bits per heavy atom. The number of fused-ring (bicyclic) bond motifs is 1. The van der Waals surface area contributed by atoms with E-state index in [1.165, 1.54) is 6.07 Å². The number of aliphatic hydroxyl groups is 1. The molecule has 1 saturated heterocycles. The number of likely N-dealkylation sites (tertiary alicyclic amines) is 1. The lowest BCUT2D eigenvalue weighted by atomic mass is 9.98. The van der Waals surface area contributed by atoms with Crippen molar-refractivity contribution in [1.29, 1.82) is 0 Å². The van der Waals surface area contributed by atoms with Crippen molar-refractivity contribution in [1.82, 2.24) is 19.8 Å². The Hall–Kier alpha value is -2.78. The van der Waals surface area contributed by atoms with Crippen LogP contribution in [0, 0.1) is 11.7 Å². The van der Waals surface area contributed by atoms with Gasteiger partial charge in [-0.25, -0.2) is 9.37 Å². The second-order valence-electron chi connectivity index (χ2n) is 10.2. The first-order valence-corrected chi connectivity index (χ1v) is 12.8. The first-order valence-electron chi connectivity index (χ1n) is 12.4. The van der Waals surface area contributed by atoms with Gasteiger partial charge in [-0.05, 0) is 48.1 Å². The van der Waals surface area contributed by atoms with Crippen LogP contribution in [0.5, 0.6) is 0 Å². The molecule has 3 atom stereocenters. The van der Waals surface area contributed by atoms with Crippen molar-refractivity contribution >= 4 is 28.3 Å². The summed E-state index contributed by atoms with van der Waals surface area (Å²) >= 11 is 6.47. The number of halogens is 2. The van der Waals surface area contributed by atoms with Gasteiger partial charge in [0.05, 0.1) is 22.3 Å².